The zero-order valence-electron chi connectivity index (χ0n) is 15.4. The van der Waals surface area contributed by atoms with Gasteiger partial charge in [-0.05, 0) is 44.2 Å². The number of H-pyrrole nitrogens is 1. The summed E-state index contributed by atoms with van der Waals surface area (Å²) in [6.45, 7) is 2.88. The second-order valence-electron chi connectivity index (χ2n) is 7.48. The van der Waals surface area contributed by atoms with Crippen LogP contribution >= 0.6 is 0 Å². The van der Waals surface area contributed by atoms with E-state index >= 15 is 0 Å². The molecule has 1 aliphatic carbocycles. The zero-order chi connectivity index (χ0) is 19.1. The molecule has 0 amide bonds. The third-order valence-corrected chi connectivity index (χ3v) is 7.92. The lowest BCUT2D eigenvalue weighted by Crippen LogP contribution is -2.45. The summed E-state index contributed by atoms with van der Waals surface area (Å²) in [4.78, 5) is 24.4. The predicted molar refractivity (Wildman–Crippen MR) is 103 cm³/mol. The molecule has 0 atom stereocenters. The first-order valence-corrected chi connectivity index (χ1v) is 11.1. The van der Waals surface area contributed by atoms with Gasteiger partial charge in [-0.25, -0.2) is 17.7 Å². The highest BCUT2D eigenvalue weighted by Crippen LogP contribution is 2.45. The highest BCUT2D eigenvalue weighted by atomic mass is 32.2. The van der Waals surface area contributed by atoms with E-state index in [2.05, 4.69) is 9.97 Å². The smallest absolute Gasteiger partial charge is 0.254 e. The molecule has 2 aromatic heterocycles. The summed E-state index contributed by atoms with van der Waals surface area (Å²) in [5, 5.41) is 0. The van der Waals surface area contributed by atoms with Crippen molar-refractivity contribution < 1.29 is 8.42 Å². The van der Waals surface area contributed by atoms with Crippen LogP contribution in [0.1, 0.15) is 43.9 Å². The molecule has 0 saturated carbocycles. The Bertz CT molecular complexity index is 993. The molecule has 8 heteroatoms. The summed E-state index contributed by atoms with van der Waals surface area (Å²) in [6.07, 6.45) is 6.98. The van der Waals surface area contributed by atoms with E-state index in [0.717, 1.165) is 23.2 Å². The van der Waals surface area contributed by atoms with E-state index in [9.17, 15) is 13.2 Å². The summed E-state index contributed by atoms with van der Waals surface area (Å²) in [7, 11) is -3.18. The molecule has 1 fully saturated rings. The monoisotopic (exact) mass is 388 g/mol. The Morgan fingerprint density at radius 2 is 2.04 bits per heavy atom. The van der Waals surface area contributed by atoms with Gasteiger partial charge >= 0.3 is 0 Å². The number of nitrogens with zero attached hydrogens (tertiary/aromatic N) is 3. The number of hydrogen-bond acceptors (Lipinski definition) is 5. The molecular formula is C19H24N4O3S. The van der Waals surface area contributed by atoms with E-state index in [-0.39, 0.29) is 16.7 Å². The largest absolute Gasteiger partial charge is 0.306 e. The Hall–Kier alpha value is -2.06. The molecule has 4 rings (SSSR count). The maximum atomic E-state index is 12.6. The molecule has 2 aromatic rings. The van der Waals surface area contributed by atoms with Crippen molar-refractivity contribution in [2.45, 2.75) is 44.4 Å². The van der Waals surface area contributed by atoms with Crippen molar-refractivity contribution in [2.75, 3.05) is 18.8 Å². The van der Waals surface area contributed by atoms with Crippen molar-refractivity contribution in [2.24, 2.45) is 0 Å². The SMILES string of the molecule is CCCS(=O)(=O)N1CCC2(CCc3c2nc(-c2cccnc2)[nH]c3=O)CC1. The Morgan fingerprint density at radius 1 is 1.26 bits per heavy atom. The van der Waals surface area contributed by atoms with Gasteiger partial charge in [0.05, 0.1) is 11.4 Å². The minimum Gasteiger partial charge on any atom is -0.306 e. The van der Waals surface area contributed by atoms with Crippen LogP contribution in [0.4, 0.5) is 0 Å². The molecule has 1 N–H and O–H groups in total. The van der Waals surface area contributed by atoms with Crippen molar-refractivity contribution in [1.82, 2.24) is 19.3 Å². The van der Waals surface area contributed by atoms with Gasteiger partial charge in [0, 0.05) is 42.0 Å². The molecule has 7 nitrogen and oxygen atoms in total. The fourth-order valence-corrected chi connectivity index (χ4v) is 5.87. The van der Waals surface area contributed by atoms with E-state index in [0.29, 0.717) is 44.6 Å². The molecule has 1 aliphatic heterocycles. The lowest BCUT2D eigenvalue weighted by Gasteiger charge is -2.38. The summed E-state index contributed by atoms with van der Waals surface area (Å²) in [5.41, 5.74) is 2.11. The number of piperidine rings is 1. The van der Waals surface area contributed by atoms with Gasteiger partial charge in [-0.1, -0.05) is 6.92 Å². The first-order valence-electron chi connectivity index (χ1n) is 9.47. The number of aromatic amines is 1. The maximum absolute atomic E-state index is 12.6. The number of rotatable bonds is 4. The van der Waals surface area contributed by atoms with Gasteiger partial charge < -0.3 is 4.98 Å². The highest BCUT2D eigenvalue weighted by molar-refractivity contribution is 7.89. The van der Waals surface area contributed by atoms with Crippen LogP contribution in [0.2, 0.25) is 0 Å². The average Bonchev–Trinajstić information content (AvgIpc) is 3.01. The second kappa shape index (κ2) is 6.83. The van der Waals surface area contributed by atoms with Crippen LogP contribution in [0.5, 0.6) is 0 Å². The number of aromatic nitrogens is 3. The van der Waals surface area contributed by atoms with Gasteiger partial charge in [0.2, 0.25) is 10.0 Å². The van der Waals surface area contributed by atoms with Crippen molar-refractivity contribution in [3.8, 4) is 11.4 Å². The van der Waals surface area contributed by atoms with Crippen molar-refractivity contribution in [1.29, 1.82) is 0 Å². The number of nitrogens with one attached hydrogen (secondary N) is 1. The molecule has 0 radical (unpaired) electrons. The fraction of sp³-hybridized carbons (Fsp3) is 0.526. The van der Waals surface area contributed by atoms with E-state index in [4.69, 9.17) is 4.98 Å². The zero-order valence-corrected chi connectivity index (χ0v) is 16.3. The lowest BCUT2D eigenvalue weighted by atomic mass is 9.76. The van der Waals surface area contributed by atoms with Gasteiger partial charge in [0.1, 0.15) is 5.82 Å². The van der Waals surface area contributed by atoms with Crippen LogP contribution < -0.4 is 5.56 Å². The molecule has 144 valence electrons. The maximum Gasteiger partial charge on any atom is 0.254 e. The Labute approximate surface area is 158 Å². The van der Waals surface area contributed by atoms with Crippen LogP contribution in [0.25, 0.3) is 11.4 Å². The molecule has 0 aromatic carbocycles. The van der Waals surface area contributed by atoms with Crippen molar-refractivity contribution in [3.05, 3.63) is 46.1 Å². The summed E-state index contributed by atoms with van der Waals surface area (Å²) < 4.78 is 26.4. The van der Waals surface area contributed by atoms with Crippen molar-refractivity contribution >= 4 is 10.0 Å². The molecule has 0 unspecified atom stereocenters. The number of fused-ring (bicyclic) bond motifs is 2. The molecular weight excluding hydrogens is 364 g/mol. The summed E-state index contributed by atoms with van der Waals surface area (Å²) in [6, 6.07) is 3.69. The first kappa shape index (κ1) is 18.3. The van der Waals surface area contributed by atoms with Crippen LogP contribution in [0.3, 0.4) is 0 Å². The molecule has 1 spiro atoms. The Kier molecular flexibility index (Phi) is 4.63. The van der Waals surface area contributed by atoms with Gasteiger partial charge in [-0.3, -0.25) is 9.78 Å². The van der Waals surface area contributed by atoms with Crippen LogP contribution in [0, 0.1) is 0 Å². The van der Waals surface area contributed by atoms with E-state index in [1.54, 1.807) is 16.7 Å². The highest BCUT2D eigenvalue weighted by Gasteiger charge is 2.45. The normalized spacial score (nSPS) is 19.3. The number of pyridine rings is 1. The quantitative estimate of drug-likeness (QED) is 0.862. The third-order valence-electron chi connectivity index (χ3n) is 5.84. The second-order valence-corrected chi connectivity index (χ2v) is 9.57. The average molecular weight is 388 g/mol. The lowest BCUT2D eigenvalue weighted by molar-refractivity contribution is 0.228. The molecule has 1 saturated heterocycles. The summed E-state index contributed by atoms with van der Waals surface area (Å²) >= 11 is 0. The molecule has 27 heavy (non-hydrogen) atoms. The van der Waals surface area contributed by atoms with E-state index in [1.807, 2.05) is 19.1 Å². The van der Waals surface area contributed by atoms with Gasteiger partial charge in [0.15, 0.2) is 0 Å². The van der Waals surface area contributed by atoms with Crippen LogP contribution in [0.15, 0.2) is 29.3 Å². The Morgan fingerprint density at radius 3 is 2.70 bits per heavy atom. The molecule has 3 heterocycles. The molecule has 2 aliphatic rings. The number of hydrogen-bond donors (Lipinski definition) is 1. The molecule has 0 bridgehead atoms. The Balaban J connectivity index is 1.66. The third kappa shape index (κ3) is 3.21. The first-order chi connectivity index (χ1) is 13.0. The van der Waals surface area contributed by atoms with Crippen LogP contribution in [-0.2, 0) is 21.9 Å². The summed E-state index contributed by atoms with van der Waals surface area (Å²) in [5.74, 6) is 0.730. The minimum atomic E-state index is -3.18. The standard InChI is InChI=1S/C19H24N4O3S/c1-2-12-27(25,26)23-10-7-19(8-11-23)6-5-15-16(19)21-17(22-18(15)24)14-4-3-9-20-13-14/h3-4,9,13H,2,5-8,10-12H2,1H3,(H,21,22,24). The van der Waals surface area contributed by atoms with Crippen LogP contribution in [-0.4, -0.2) is 46.5 Å². The topological polar surface area (TPSA) is 96.0 Å². The number of sulfonamides is 1. The predicted octanol–water partition coefficient (Wildman–Crippen LogP) is 1.85. The van der Waals surface area contributed by atoms with Gasteiger partial charge in [0.25, 0.3) is 5.56 Å². The van der Waals surface area contributed by atoms with E-state index < -0.39 is 10.0 Å². The van der Waals surface area contributed by atoms with Gasteiger partial charge in [-0.15, -0.1) is 0 Å². The van der Waals surface area contributed by atoms with E-state index in [1.165, 1.54) is 0 Å². The van der Waals surface area contributed by atoms with Gasteiger partial charge in [-0.2, -0.15) is 0 Å². The fourth-order valence-electron chi connectivity index (χ4n) is 4.36. The minimum absolute atomic E-state index is 0.0863. The van der Waals surface area contributed by atoms with Crippen molar-refractivity contribution in [3.63, 3.8) is 0 Å².